The van der Waals surface area contributed by atoms with Gasteiger partial charge < -0.3 is 14.8 Å². The maximum absolute atomic E-state index is 12.4. The third-order valence-corrected chi connectivity index (χ3v) is 11.7. The summed E-state index contributed by atoms with van der Waals surface area (Å²) in [4.78, 5) is 16.9. The van der Waals surface area contributed by atoms with Gasteiger partial charge in [-0.3, -0.25) is 8.98 Å². The number of nitrogens with zero attached hydrogens (tertiary/aromatic N) is 1. The molecule has 8 nitrogen and oxygen atoms in total. The Balaban J connectivity index is 0.00000348. The molecule has 2 N–H and O–H groups in total. The normalized spacial score (nSPS) is 16.2. The van der Waals surface area contributed by atoms with Gasteiger partial charge in [-0.2, -0.15) is 0 Å². The first-order chi connectivity index (χ1) is 25.8. The molecule has 1 fully saturated rings. The van der Waals surface area contributed by atoms with Crippen LogP contribution in [-0.2, 0) is 19.4 Å². The second-order valence-corrected chi connectivity index (χ2v) is 17.0. The molecule has 1 saturated heterocycles. The second kappa shape index (κ2) is 39.5. The predicted octanol–water partition coefficient (Wildman–Crippen LogP) is 10.7. The van der Waals surface area contributed by atoms with E-state index in [1.165, 1.54) is 219 Å². The van der Waals surface area contributed by atoms with Gasteiger partial charge >= 0.3 is 0 Å². The molecule has 318 valence electrons. The van der Waals surface area contributed by atoms with Crippen molar-refractivity contribution in [2.75, 3.05) is 39.3 Å². The van der Waals surface area contributed by atoms with E-state index in [0.29, 0.717) is 12.6 Å². The monoisotopic (exact) mass is 774 g/mol. The van der Waals surface area contributed by atoms with Crippen LogP contribution in [0.15, 0.2) is 0 Å². The highest BCUT2D eigenvalue weighted by molar-refractivity contribution is 7.80. The molecule has 0 radical (unpaired) electrons. The molecular weight excluding hydrogens is 683 g/mol. The van der Waals surface area contributed by atoms with Crippen molar-refractivity contribution in [3.05, 3.63) is 0 Å². The molecule has 0 aliphatic carbocycles. The predicted molar refractivity (Wildman–Crippen MR) is 225 cm³/mol. The quantitative estimate of drug-likeness (QED) is 0.0368. The van der Waals surface area contributed by atoms with Gasteiger partial charge in [-0.15, -0.1) is 0 Å². The number of carbonyl (C=O) groups is 1. The van der Waals surface area contributed by atoms with E-state index in [9.17, 15) is 17.8 Å². The Bertz CT molecular complexity index is 875. The van der Waals surface area contributed by atoms with Crippen LogP contribution in [-0.4, -0.2) is 69.3 Å². The van der Waals surface area contributed by atoms with Crippen molar-refractivity contribution in [2.45, 2.75) is 239 Å². The van der Waals surface area contributed by atoms with Crippen molar-refractivity contribution in [2.24, 2.45) is 0 Å². The topological polar surface area (TPSA) is 103 Å². The van der Waals surface area contributed by atoms with Gasteiger partial charge in [0, 0.05) is 25.9 Å². The van der Waals surface area contributed by atoms with Crippen LogP contribution in [0.4, 0.5) is 0 Å². The average Bonchev–Trinajstić information content (AvgIpc) is 3.52. The lowest BCUT2D eigenvalue weighted by Crippen LogP contribution is -3.14. The van der Waals surface area contributed by atoms with Gasteiger partial charge in [-0.05, 0) is 26.7 Å². The highest BCUT2D eigenvalue weighted by atomic mass is 32.3. The first-order valence-electron chi connectivity index (χ1n) is 23.2. The Morgan fingerprint density at radius 3 is 1.34 bits per heavy atom. The fourth-order valence-electron chi connectivity index (χ4n) is 7.87. The van der Waals surface area contributed by atoms with Crippen LogP contribution < -0.4 is 10.2 Å². The average molecular weight is 774 g/mol. The van der Waals surface area contributed by atoms with Gasteiger partial charge in [0.05, 0.1) is 26.2 Å². The molecule has 1 heterocycles. The Morgan fingerprint density at radius 1 is 0.623 bits per heavy atom. The lowest BCUT2D eigenvalue weighted by atomic mass is 10.0. The van der Waals surface area contributed by atoms with E-state index >= 15 is 0 Å². The van der Waals surface area contributed by atoms with Crippen molar-refractivity contribution in [1.82, 2.24) is 10.2 Å². The van der Waals surface area contributed by atoms with Crippen LogP contribution in [0.1, 0.15) is 233 Å². The minimum atomic E-state index is -4.42. The summed E-state index contributed by atoms with van der Waals surface area (Å²) in [6.07, 6.45) is 44.8. The summed E-state index contributed by atoms with van der Waals surface area (Å²) >= 11 is 0. The molecule has 9 heteroatoms. The second-order valence-electron chi connectivity index (χ2n) is 15.9. The van der Waals surface area contributed by atoms with Crippen LogP contribution in [0.25, 0.3) is 0 Å². The van der Waals surface area contributed by atoms with E-state index in [4.69, 9.17) is 0 Å². The zero-order chi connectivity index (χ0) is 39.1. The number of carbonyl (C=O) groups excluding carboxylic acids is 1. The lowest BCUT2D eigenvalue weighted by Gasteiger charge is -2.26. The number of amides is 1. The number of rotatable bonds is 38. The van der Waals surface area contributed by atoms with Gasteiger partial charge in [0.25, 0.3) is 0 Å². The highest BCUT2D eigenvalue weighted by Crippen LogP contribution is 2.16. The highest BCUT2D eigenvalue weighted by Gasteiger charge is 2.33. The summed E-state index contributed by atoms with van der Waals surface area (Å²) < 4.78 is 32.0. The largest absolute Gasteiger partial charge is 0.726 e. The van der Waals surface area contributed by atoms with Crippen molar-refractivity contribution in [1.29, 1.82) is 0 Å². The van der Waals surface area contributed by atoms with E-state index in [1.807, 2.05) is 0 Å². The van der Waals surface area contributed by atoms with E-state index in [0.717, 1.165) is 19.5 Å². The van der Waals surface area contributed by atoms with Crippen LogP contribution in [0, 0.1) is 0 Å². The van der Waals surface area contributed by atoms with Crippen molar-refractivity contribution >= 4 is 16.3 Å². The summed E-state index contributed by atoms with van der Waals surface area (Å²) in [5.41, 5.74) is 0. The SMILES string of the molecule is CCCCCCCCCCCCCCCCCC(=O)NCCN1CC[NH+](CC)C1CCCCCCCCCCCCCCCCC.CCOS(=O)(=O)[O-]. The molecule has 53 heavy (non-hydrogen) atoms. The first-order valence-corrected chi connectivity index (χ1v) is 24.6. The number of likely N-dealkylation sites (N-methyl/N-ethyl adjacent to an activating group) is 1. The molecule has 2 atom stereocenters. The van der Waals surface area contributed by atoms with Crippen LogP contribution in [0.3, 0.4) is 0 Å². The number of quaternary nitrogens is 1. The van der Waals surface area contributed by atoms with Gasteiger partial charge in [-0.1, -0.05) is 194 Å². The summed E-state index contributed by atoms with van der Waals surface area (Å²) in [7, 11) is -4.42. The number of nitrogens with one attached hydrogen (secondary N) is 2. The van der Waals surface area contributed by atoms with Crippen molar-refractivity contribution in [3.8, 4) is 0 Å². The van der Waals surface area contributed by atoms with Gasteiger partial charge in [-0.25, -0.2) is 13.3 Å². The zero-order valence-electron chi connectivity index (χ0n) is 35.8. The maximum Gasteiger partial charge on any atom is 0.220 e. The van der Waals surface area contributed by atoms with Crippen molar-refractivity contribution < 1.29 is 26.8 Å². The van der Waals surface area contributed by atoms with Gasteiger partial charge in [0.1, 0.15) is 6.17 Å². The number of hydrogen-bond acceptors (Lipinski definition) is 6. The Kier molecular flexibility index (Phi) is 38.9. The third-order valence-electron chi connectivity index (χ3n) is 11.2. The van der Waals surface area contributed by atoms with Crippen LogP contribution in [0.2, 0.25) is 0 Å². The Hall–Kier alpha value is -0.740. The molecule has 1 rings (SSSR count). The molecule has 0 saturated carbocycles. The molecule has 0 aromatic rings. The summed E-state index contributed by atoms with van der Waals surface area (Å²) in [6.45, 7) is 13.8. The smallest absolute Gasteiger partial charge is 0.220 e. The van der Waals surface area contributed by atoms with E-state index in [1.54, 1.807) is 4.90 Å². The van der Waals surface area contributed by atoms with Crippen LogP contribution in [0.5, 0.6) is 0 Å². The van der Waals surface area contributed by atoms with E-state index < -0.39 is 10.4 Å². The summed E-state index contributed by atoms with van der Waals surface area (Å²) in [5, 5.41) is 3.24. The lowest BCUT2D eigenvalue weighted by molar-refractivity contribution is -0.916. The molecular formula is C44H91N3O5S. The minimum absolute atomic E-state index is 0.0914. The molecule has 0 bridgehead atoms. The van der Waals surface area contributed by atoms with Crippen molar-refractivity contribution in [3.63, 3.8) is 0 Å². The minimum Gasteiger partial charge on any atom is -0.726 e. The Morgan fingerprint density at radius 2 is 1.00 bits per heavy atom. The molecule has 1 aliphatic rings. The number of hydrogen-bond donors (Lipinski definition) is 2. The molecule has 1 aliphatic heterocycles. The molecule has 0 aromatic carbocycles. The summed E-state index contributed by atoms with van der Waals surface area (Å²) in [6, 6.07) is 0. The fourth-order valence-corrected chi connectivity index (χ4v) is 8.16. The van der Waals surface area contributed by atoms with Gasteiger partial charge in [0.15, 0.2) is 0 Å². The molecule has 0 aromatic heterocycles. The maximum atomic E-state index is 12.4. The number of unbranched alkanes of at least 4 members (excludes halogenated alkanes) is 28. The zero-order valence-corrected chi connectivity index (χ0v) is 36.7. The van der Waals surface area contributed by atoms with E-state index in [-0.39, 0.29) is 12.5 Å². The summed E-state index contributed by atoms with van der Waals surface area (Å²) in [5.74, 6) is 0.271. The third kappa shape index (κ3) is 36.6. The molecule has 0 spiro atoms. The fraction of sp³-hybridized carbons (Fsp3) is 0.977. The van der Waals surface area contributed by atoms with Gasteiger partial charge in [0.2, 0.25) is 16.3 Å². The molecule has 1 amide bonds. The van der Waals surface area contributed by atoms with E-state index in [2.05, 4.69) is 35.2 Å². The Labute approximate surface area is 331 Å². The first kappa shape index (κ1) is 52.3. The molecule has 2 unspecified atom stereocenters. The standard InChI is InChI=1S/C42H85N3O.C2H6O4S/c1-4-7-9-11-13-15-17-19-21-23-25-27-29-31-33-35-41(46)43-37-38-45-40-39-44(6-3)42(45)36-34-32-30-28-26-24-22-20-18-16-14-12-10-8-5-2;1-2-6-7(3,4)5/h42H,4-40H2,1-3H3,(H,43,46);2H2,1H3,(H,3,4,5). The van der Waals surface area contributed by atoms with Crippen LogP contribution >= 0.6 is 0 Å².